The minimum atomic E-state index is -0.834. The van der Waals surface area contributed by atoms with Gasteiger partial charge < -0.3 is 10.4 Å². The molecular formula is C17H17NO3. The van der Waals surface area contributed by atoms with Crippen molar-refractivity contribution in [2.45, 2.75) is 19.8 Å². The number of carbonyl (C=O) groups excluding carboxylic acids is 1. The summed E-state index contributed by atoms with van der Waals surface area (Å²) in [6.45, 7) is 1.45. The first kappa shape index (κ1) is 14.8. The molecule has 0 heterocycles. The average molecular weight is 283 g/mol. The first-order chi connectivity index (χ1) is 10.1. The van der Waals surface area contributed by atoms with E-state index in [9.17, 15) is 9.59 Å². The Morgan fingerprint density at radius 2 is 1.81 bits per heavy atom. The zero-order valence-electron chi connectivity index (χ0n) is 11.8. The molecule has 0 radical (unpaired) electrons. The Morgan fingerprint density at radius 1 is 1.10 bits per heavy atom. The molecule has 4 heteroatoms. The molecule has 2 aromatic rings. The topological polar surface area (TPSA) is 66.4 Å². The van der Waals surface area contributed by atoms with E-state index in [0.29, 0.717) is 12.1 Å². The van der Waals surface area contributed by atoms with Crippen molar-refractivity contribution in [3.63, 3.8) is 0 Å². The predicted molar refractivity (Wildman–Crippen MR) is 82.1 cm³/mol. The normalized spacial score (nSPS) is 10.1. The highest BCUT2D eigenvalue weighted by atomic mass is 16.4. The first-order valence-electron chi connectivity index (χ1n) is 6.74. The van der Waals surface area contributed by atoms with Crippen LogP contribution in [0.4, 0.5) is 5.69 Å². The van der Waals surface area contributed by atoms with Gasteiger partial charge in [0, 0.05) is 19.0 Å². The molecule has 1 amide bonds. The summed E-state index contributed by atoms with van der Waals surface area (Å²) in [7, 11) is 0. The summed E-state index contributed by atoms with van der Waals surface area (Å²) < 4.78 is 0. The molecule has 4 nitrogen and oxygen atoms in total. The highest BCUT2D eigenvalue weighted by molar-refractivity contribution is 5.89. The molecule has 2 rings (SSSR count). The Balaban J connectivity index is 2.38. The zero-order chi connectivity index (χ0) is 15.2. The van der Waals surface area contributed by atoms with Crippen LogP contribution in [0, 0.1) is 0 Å². The summed E-state index contributed by atoms with van der Waals surface area (Å²) in [5.41, 5.74) is 3.62. The van der Waals surface area contributed by atoms with E-state index in [1.807, 2.05) is 48.5 Å². The lowest BCUT2D eigenvalue weighted by atomic mass is 9.96. The number of rotatable bonds is 5. The van der Waals surface area contributed by atoms with Crippen molar-refractivity contribution in [1.82, 2.24) is 0 Å². The second-order valence-electron chi connectivity index (χ2n) is 4.81. The smallest absolute Gasteiger partial charge is 0.303 e. The molecule has 0 aromatic heterocycles. The summed E-state index contributed by atoms with van der Waals surface area (Å²) in [5, 5.41) is 11.6. The van der Waals surface area contributed by atoms with Crippen LogP contribution in [0.25, 0.3) is 11.1 Å². The fourth-order valence-electron chi connectivity index (χ4n) is 2.22. The van der Waals surface area contributed by atoms with E-state index in [4.69, 9.17) is 5.11 Å². The molecule has 0 unspecified atom stereocenters. The third-order valence-electron chi connectivity index (χ3n) is 3.12. The third kappa shape index (κ3) is 4.18. The Labute approximate surface area is 123 Å². The molecule has 0 atom stereocenters. The largest absolute Gasteiger partial charge is 0.481 e. The van der Waals surface area contributed by atoms with Gasteiger partial charge in [-0.05, 0) is 35.2 Å². The molecule has 0 aliphatic carbocycles. The fraction of sp³-hybridized carbons (Fsp3) is 0.176. The monoisotopic (exact) mass is 283 g/mol. The van der Waals surface area contributed by atoms with Gasteiger partial charge in [-0.3, -0.25) is 9.59 Å². The van der Waals surface area contributed by atoms with E-state index in [1.54, 1.807) is 0 Å². The maximum Gasteiger partial charge on any atom is 0.303 e. The average Bonchev–Trinajstić information content (AvgIpc) is 2.45. The third-order valence-corrected chi connectivity index (χ3v) is 3.12. The second kappa shape index (κ2) is 6.70. The molecule has 0 saturated heterocycles. The number of benzene rings is 2. The van der Waals surface area contributed by atoms with Crippen LogP contribution in [0.3, 0.4) is 0 Å². The summed E-state index contributed by atoms with van der Waals surface area (Å²) in [6, 6.07) is 15.4. The van der Waals surface area contributed by atoms with E-state index >= 15 is 0 Å². The molecule has 108 valence electrons. The van der Waals surface area contributed by atoms with Gasteiger partial charge in [0.15, 0.2) is 0 Å². The van der Waals surface area contributed by atoms with Crippen molar-refractivity contribution < 1.29 is 14.7 Å². The van der Waals surface area contributed by atoms with Gasteiger partial charge in [-0.15, -0.1) is 0 Å². The maximum atomic E-state index is 11.1. The first-order valence-corrected chi connectivity index (χ1v) is 6.74. The molecule has 0 aliphatic rings. The molecule has 0 aliphatic heterocycles. The van der Waals surface area contributed by atoms with Gasteiger partial charge in [-0.25, -0.2) is 0 Å². The maximum absolute atomic E-state index is 11.1. The van der Waals surface area contributed by atoms with Gasteiger partial charge in [0.1, 0.15) is 0 Å². The second-order valence-corrected chi connectivity index (χ2v) is 4.81. The number of aryl methyl sites for hydroxylation is 1. The lowest BCUT2D eigenvalue weighted by Crippen LogP contribution is -2.07. The molecule has 2 N–H and O–H groups in total. The van der Waals surface area contributed by atoms with E-state index in [2.05, 4.69) is 5.32 Å². The summed E-state index contributed by atoms with van der Waals surface area (Å²) in [6.07, 6.45) is 0.482. The molecule has 0 spiro atoms. The number of carboxylic acids is 1. The summed E-state index contributed by atoms with van der Waals surface area (Å²) in [5.74, 6) is -0.981. The van der Waals surface area contributed by atoms with Crippen LogP contribution in [-0.2, 0) is 16.0 Å². The van der Waals surface area contributed by atoms with Gasteiger partial charge in [0.05, 0.1) is 0 Å². The number of carbonyl (C=O) groups is 2. The Hall–Kier alpha value is -2.62. The molecular weight excluding hydrogens is 266 g/mol. The number of hydrogen-bond donors (Lipinski definition) is 2. The lowest BCUT2D eigenvalue weighted by Gasteiger charge is -2.12. The highest BCUT2D eigenvalue weighted by Crippen LogP contribution is 2.27. The van der Waals surface area contributed by atoms with E-state index < -0.39 is 5.97 Å². The quantitative estimate of drug-likeness (QED) is 0.884. The number of nitrogens with one attached hydrogen (secondary N) is 1. The van der Waals surface area contributed by atoms with Crippen LogP contribution in [0.1, 0.15) is 18.9 Å². The van der Waals surface area contributed by atoms with Gasteiger partial charge in [0.2, 0.25) is 5.91 Å². The standard InChI is InChI=1S/C17H17NO3/c1-12(19)18-15-8-9-16(13-5-3-2-4-6-13)14(11-15)7-10-17(20)21/h2-6,8-9,11H,7,10H2,1H3,(H,18,19)(H,20,21). The van der Waals surface area contributed by atoms with Crippen molar-refractivity contribution in [3.8, 4) is 11.1 Å². The van der Waals surface area contributed by atoms with Crippen LogP contribution in [0.15, 0.2) is 48.5 Å². The van der Waals surface area contributed by atoms with Crippen molar-refractivity contribution in [2.24, 2.45) is 0 Å². The predicted octanol–water partition coefficient (Wildman–Crippen LogP) is 3.33. The molecule has 0 fully saturated rings. The van der Waals surface area contributed by atoms with E-state index in [-0.39, 0.29) is 12.3 Å². The van der Waals surface area contributed by atoms with Crippen LogP contribution in [0.2, 0.25) is 0 Å². The van der Waals surface area contributed by atoms with Gasteiger partial charge in [-0.2, -0.15) is 0 Å². The van der Waals surface area contributed by atoms with Crippen LogP contribution >= 0.6 is 0 Å². The van der Waals surface area contributed by atoms with Crippen LogP contribution < -0.4 is 5.32 Å². The Morgan fingerprint density at radius 3 is 2.43 bits per heavy atom. The van der Waals surface area contributed by atoms with Gasteiger partial charge in [-0.1, -0.05) is 36.4 Å². The number of aliphatic carboxylic acids is 1. The van der Waals surface area contributed by atoms with Crippen molar-refractivity contribution in [2.75, 3.05) is 5.32 Å². The molecule has 0 bridgehead atoms. The number of carboxylic acid groups (broad SMARTS) is 1. The lowest BCUT2D eigenvalue weighted by molar-refractivity contribution is -0.137. The van der Waals surface area contributed by atoms with Crippen molar-refractivity contribution in [1.29, 1.82) is 0 Å². The number of anilines is 1. The summed E-state index contributed by atoms with van der Waals surface area (Å²) in [4.78, 5) is 22.0. The van der Waals surface area contributed by atoms with E-state index in [0.717, 1.165) is 16.7 Å². The van der Waals surface area contributed by atoms with Crippen molar-refractivity contribution >= 4 is 17.6 Å². The minimum Gasteiger partial charge on any atom is -0.481 e. The number of amides is 1. The Bertz CT molecular complexity index is 650. The molecule has 21 heavy (non-hydrogen) atoms. The number of hydrogen-bond acceptors (Lipinski definition) is 2. The SMILES string of the molecule is CC(=O)Nc1ccc(-c2ccccc2)c(CCC(=O)O)c1. The van der Waals surface area contributed by atoms with E-state index in [1.165, 1.54) is 6.92 Å². The highest BCUT2D eigenvalue weighted by Gasteiger charge is 2.09. The molecule has 0 saturated carbocycles. The van der Waals surface area contributed by atoms with Crippen molar-refractivity contribution in [3.05, 3.63) is 54.1 Å². The Kier molecular flexibility index (Phi) is 4.72. The van der Waals surface area contributed by atoms with Crippen LogP contribution in [0.5, 0.6) is 0 Å². The minimum absolute atomic E-state index is 0.0589. The zero-order valence-corrected chi connectivity index (χ0v) is 11.8. The fourth-order valence-corrected chi connectivity index (χ4v) is 2.22. The van der Waals surface area contributed by atoms with Gasteiger partial charge >= 0.3 is 5.97 Å². The summed E-state index contributed by atoms with van der Waals surface area (Å²) >= 11 is 0. The molecule has 2 aromatic carbocycles. The van der Waals surface area contributed by atoms with Crippen LogP contribution in [-0.4, -0.2) is 17.0 Å². The van der Waals surface area contributed by atoms with Gasteiger partial charge in [0.25, 0.3) is 0 Å².